The number of hydrogen-bond donors (Lipinski definition) is 2. The molecule has 0 radical (unpaired) electrons. The van der Waals surface area contributed by atoms with Crippen LogP contribution in [0.2, 0.25) is 0 Å². The Hall–Kier alpha value is -1.47. The third kappa shape index (κ3) is 5.24. The number of nitrogens with zero attached hydrogens (tertiary/aromatic N) is 1. The van der Waals surface area contributed by atoms with E-state index in [1.54, 1.807) is 25.1 Å². The molecule has 0 spiro atoms. The molecule has 0 bridgehead atoms. The van der Waals surface area contributed by atoms with E-state index in [0.29, 0.717) is 12.1 Å². The lowest BCUT2D eigenvalue weighted by atomic mass is 10.3. The fourth-order valence-electron chi connectivity index (χ4n) is 1.31. The maximum Gasteiger partial charge on any atom is 0.269 e. The van der Waals surface area contributed by atoms with Crippen LogP contribution in [0.5, 0.6) is 0 Å². The van der Waals surface area contributed by atoms with Gasteiger partial charge in [-0.2, -0.15) is 0 Å². The lowest BCUT2D eigenvalue weighted by Crippen LogP contribution is -2.35. The molecule has 1 aromatic rings. The van der Waals surface area contributed by atoms with Gasteiger partial charge < -0.3 is 5.32 Å². The molecule has 0 saturated carbocycles. The van der Waals surface area contributed by atoms with E-state index in [1.165, 1.54) is 6.20 Å². The summed E-state index contributed by atoms with van der Waals surface area (Å²) in [7, 11) is -3.21. The Balaban J connectivity index is 2.29. The Labute approximate surface area is 107 Å². The summed E-state index contributed by atoms with van der Waals surface area (Å²) in [5.41, 5.74) is 0.314. The van der Waals surface area contributed by atoms with Crippen LogP contribution in [0.1, 0.15) is 23.8 Å². The van der Waals surface area contributed by atoms with E-state index < -0.39 is 10.0 Å². The van der Waals surface area contributed by atoms with Gasteiger partial charge in [-0.1, -0.05) is 13.0 Å². The van der Waals surface area contributed by atoms with E-state index >= 15 is 0 Å². The largest absolute Gasteiger partial charge is 0.349 e. The second-order valence-electron chi connectivity index (χ2n) is 3.68. The molecule has 1 rings (SSSR count). The summed E-state index contributed by atoms with van der Waals surface area (Å²) in [4.78, 5) is 15.4. The van der Waals surface area contributed by atoms with Crippen LogP contribution < -0.4 is 10.0 Å². The average Bonchev–Trinajstić information content (AvgIpc) is 2.35. The molecule has 18 heavy (non-hydrogen) atoms. The monoisotopic (exact) mass is 271 g/mol. The average molecular weight is 271 g/mol. The molecule has 1 aromatic heterocycles. The lowest BCUT2D eigenvalue weighted by Gasteiger charge is -2.06. The van der Waals surface area contributed by atoms with Crippen molar-refractivity contribution < 1.29 is 13.2 Å². The first-order chi connectivity index (χ1) is 8.55. The summed E-state index contributed by atoms with van der Waals surface area (Å²) in [5.74, 6) is -0.216. The number of hydrogen-bond acceptors (Lipinski definition) is 4. The van der Waals surface area contributed by atoms with Gasteiger partial charge in [-0.15, -0.1) is 0 Å². The van der Waals surface area contributed by atoms with Gasteiger partial charge in [0.15, 0.2) is 0 Å². The predicted octanol–water partition coefficient (Wildman–Crippen LogP) is 0.141. The van der Waals surface area contributed by atoms with E-state index in [2.05, 4.69) is 15.0 Å². The highest BCUT2D eigenvalue weighted by Gasteiger charge is 2.08. The van der Waals surface area contributed by atoms with Gasteiger partial charge in [-0.05, 0) is 18.6 Å². The van der Waals surface area contributed by atoms with E-state index in [1.807, 2.05) is 0 Å². The molecular weight excluding hydrogens is 254 g/mol. The number of carbonyl (C=O) groups excluding carboxylic acids is 1. The van der Waals surface area contributed by atoms with Crippen LogP contribution in [0, 0.1) is 0 Å². The normalized spacial score (nSPS) is 11.2. The Kier molecular flexibility index (Phi) is 5.73. The number of amides is 1. The van der Waals surface area contributed by atoms with Gasteiger partial charge >= 0.3 is 0 Å². The summed E-state index contributed by atoms with van der Waals surface area (Å²) in [6, 6.07) is 5.03. The standard InChI is InChI=1S/C11H17N3O3S/c1-2-9-18(16,17)14-8-7-13-11(15)10-5-3-4-6-12-10/h3-6,14H,2,7-9H2,1H3,(H,13,15). The summed E-state index contributed by atoms with van der Waals surface area (Å²) >= 11 is 0. The van der Waals surface area contributed by atoms with E-state index in [9.17, 15) is 13.2 Å². The van der Waals surface area contributed by atoms with Crippen LogP contribution in [0.4, 0.5) is 0 Å². The van der Waals surface area contributed by atoms with Gasteiger partial charge in [0.1, 0.15) is 5.69 Å². The minimum atomic E-state index is -3.21. The number of nitrogens with one attached hydrogen (secondary N) is 2. The van der Waals surface area contributed by atoms with Crippen molar-refractivity contribution in [3.8, 4) is 0 Å². The topological polar surface area (TPSA) is 88.2 Å². The molecule has 0 unspecified atom stereocenters. The highest BCUT2D eigenvalue weighted by atomic mass is 32.2. The summed E-state index contributed by atoms with van der Waals surface area (Å²) < 4.78 is 25.0. The van der Waals surface area contributed by atoms with Crippen LogP contribution in [0.15, 0.2) is 24.4 Å². The molecule has 0 fully saturated rings. The van der Waals surface area contributed by atoms with Crippen LogP contribution >= 0.6 is 0 Å². The molecule has 2 N–H and O–H groups in total. The lowest BCUT2D eigenvalue weighted by molar-refractivity contribution is 0.0949. The smallest absolute Gasteiger partial charge is 0.269 e. The molecule has 1 heterocycles. The third-order valence-electron chi connectivity index (χ3n) is 2.10. The molecule has 0 saturated heterocycles. The zero-order valence-electron chi connectivity index (χ0n) is 10.2. The molecule has 1 amide bonds. The Bertz CT molecular complexity index is 474. The molecule has 0 atom stereocenters. The van der Waals surface area contributed by atoms with Crippen LogP contribution in [-0.4, -0.2) is 38.2 Å². The fourth-order valence-corrected chi connectivity index (χ4v) is 2.41. The highest BCUT2D eigenvalue weighted by Crippen LogP contribution is 1.92. The first-order valence-corrected chi connectivity index (χ1v) is 7.37. The van der Waals surface area contributed by atoms with Gasteiger partial charge in [-0.25, -0.2) is 13.1 Å². The van der Waals surface area contributed by atoms with Gasteiger partial charge in [0, 0.05) is 19.3 Å². The predicted molar refractivity (Wildman–Crippen MR) is 68.7 cm³/mol. The van der Waals surface area contributed by atoms with Gasteiger partial charge in [0.25, 0.3) is 5.91 Å². The quantitative estimate of drug-likeness (QED) is 0.690. The van der Waals surface area contributed by atoms with E-state index in [4.69, 9.17) is 0 Å². The number of carbonyl (C=O) groups is 1. The summed E-state index contributed by atoms with van der Waals surface area (Å²) in [6.45, 7) is 2.21. The van der Waals surface area contributed by atoms with Crippen LogP contribution in [0.25, 0.3) is 0 Å². The SMILES string of the molecule is CCCS(=O)(=O)NCCNC(=O)c1ccccn1. The molecule has 0 aliphatic heterocycles. The second-order valence-corrected chi connectivity index (χ2v) is 5.61. The fraction of sp³-hybridized carbons (Fsp3) is 0.455. The Morgan fingerprint density at radius 2 is 2.11 bits per heavy atom. The van der Waals surface area contributed by atoms with Crippen molar-refractivity contribution in [2.24, 2.45) is 0 Å². The van der Waals surface area contributed by atoms with Gasteiger partial charge in [-0.3, -0.25) is 9.78 Å². The molecule has 7 heteroatoms. The number of aromatic nitrogens is 1. The molecule has 6 nitrogen and oxygen atoms in total. The van der Waals surface area contributed by atoms with Crippen molar-refractivity contribution in [2.75, 3.05) is 18.8 Å². The molecule has 0 aliphatic carbocycles. The zero-order valence-corrected chi connectivity index (χ0v) is 11.0. The van der Waals surface area contributed by atoms with Crippen molar-refractivity contribution >= 4 is 15.9 Å². The number of sulfonamides is 1. The van der Waals surface area contributed by atoms with Gasteiger partial charge in [0.05, 0.1) is 5.75 Å². The molecule has 0 aromatic carbocycles. The third-order valence-corrected chi connectivity index (χ3v) is 3.69. The minimum absolute atomic E-state index is 0.0984. The van der Waals surface area contributed by atoms with Crippen molar-refractivity contribution in [1.82, 2.24) is 15.0 Å². The molecular formula is C11H17N3O3S. The summed E-state index contributed by atoms with van der Waals surface area (Å²) in [6.07, 6.45) is 2.09. The van der Waals surface area contributed by atoms with Crippen molar-refractivity contribution in [3.63, 3.8) is 0 Å². The molecule has 0 aliphatic rings. The first-order valence-electron chi connectivity index (χ1n) is 5.71. The van der Waals surface area contributed by atoms with Crippen LogP contribution in [0.3, 0.4) is 0 Å². The van der Waals surface area contributed by atoms with Crippen molar-refractivity contribution in [3.05, 3.63) is 30.1 Å². The zero-order chi connectivity index (χ0) is 13.4. The van der Waals surface area contributed by atoms with Crippen molar-refractivity contribution in [1.29, 1.82) is 0 Å². The highest BCUT2D eigenvalue weighted by molar-refractivity contribution is 7.89. The second kappa shape index (κ2) is 7.07. The maximum atomic E-state index is 11.5. The van der Waals surface area contributed by atoms with E-state index in [0.717, 1.165) is 0 Å². The Morgan fingerprint density at radius 1 is 1.33 bits per heavy atom. The Morgan fingerprint density at radius 3 is 2.72 bits per heavy atom. The minimum Gasteiger partial charge on any atom is -0.349 e. The van der Waals surface area contributed by atoms with Crippen molar-refractivity contribution in [2.45, 2.75) is 13.3 Å². The number of pyridine rings is 1. The van der Waals surface area contributed by atoms with E-state index in [-0.39, 0.29) is 24.7 Å². The molecule has 100 valence electrons. The first kappa shape index (κ1) is 14.6. The summed E-state index contributed by atoms with van der Waals surface area (Å²) in [5, 5.41) is 2.59. The van der Waals surface area contributed by atoms with Crippen LogP contribution in [-0.2, 0) is 10.0 Å². The maximum absolute atomic E-state index is 11.5. The van der Waals surface area contributed by atoms with Gasteiger partial charge in [0.2, 0.25) is 10.0 Å². The number of rotatable bonds is 7.